The Labute approximate surface area is 311 Å². The first kappa shape index (κ1) is 46.6. The predicted molar refractivity (Wildman–Crippen MR) is 226 cm³/mol. The zero-order valence-electron chi connectivity index (χ0n) is 35.7. The van der Waals surface area contributed by atoms with Gasteiger partial charge in [-0.15, -0.1) is 0 Å². The molecule has 0 fully saturated rings. The molecule has 0 unspecified atom stereocenters. The average Bonchev–Trinajstić information content (AvgIpc) is 2.99. The van der Waals surface area contributed by atoms with Gasteiger partial charge in [0.25, 0.3) is 0 Å². The van der Waals surface area contributed by atoms with Gasteiger partial charge in [-0.25, -0.2) is 0 Å². The van der Waals surface area contributed by atoms with E-state index in [1.165, 1.54) is 34.1 Å². The monoisotopic (exact) mass is 687 g/mol. The third-order valence-corrected chi connectivity index (χ3v) is 8.88. The Kier molecular flexibility index (Phi) is 20.3. The number of rotatable bonds is 9. The lowest BCUT2D eigenvalue weighted by molar-refractivity contribution is 0.309. The molecular formula is C46H78N4. The lowest BCUT2D eigenvalue weighted by atomic mass is 9.97. The average molecular weight is 687 g/mol. The van der Waals surface area contributed by atoms with Crippen LogP contribution in [0.4, 0.5) is 0 Å². The summed E-state index contributed by atoms with van der Waals surface area (Å²) in [5.41, 5.74) is 9.84. The van der Waals surface area contributed by atoms with Crippen molar-refractivity contribution in [3.63, 3.8) is 0 Å². The Balaban J connectivity index is 0.000000645. The largest absolute Gasteiger partial charge is 0.376 e. The van der Waals surface area contributed by atoms with Crippen molar-refractivity contribution in [3.8, 4) is 0 Å². The smallest absolute Gasteiger partial charge is 0.0337 e. The summed E-state index contributed by atoms with van der Waals surface area (Å²) in [7, 11) is 2.09. The van der Waals surface area contributed by atoms with E-state index in [2.05, 4.69) is 213 Å². The Morgan fingerprint density at radius 2 is 1.14 bits per heavy atom. The molecule has 0 aromatic rings. The lowest BCUT2D eigenvalue weighted by Gasteiger charge is -2.38. The van der Waals surface area contributed by atoms with E-state index in [9.17, 15) is 0 Å². The van der Waals surface area contributed by atoms with Crippen molar-refractivity contribution in [1.82, 2.24) is 19.6 Å². The maximum atomic E-state index is 4.12. The topological polar surface area (TPSA) is 13.0 Å². The molecule has 0 amide bonds. The van der Waals surface area contributed by atoms with E-state index < -0.39 is 0 Å². The zero-order chi connectivity index (χ0) is 39.2. The number of nitrogens with zero attached hydrogens (tertiary/aromatic N) is 4. The molecule has 3 rings (SSSR count). The van der Waals surface area contributed by atoms with Crippen molar-refractivity contribution in [1.29, 1.82) is 0 Å². The summed E-state index contributed by atoms with van der Waals surface area (Å²) in [5.74, 6) is 2.21. The first-order valence-electron chi connectivity index (χ1n) is 19.0. The summed E-state index contributed by atoms with van der Waals surface area (Å²) in [6, 6.07) is 2.07. The summed E-state index contributed by atoms with van der Waals surface area (Å²) in [6.07, 6.45) is 15.8. The zero-order valence-corrected chi connectivity index (χ0v) is 35.7. The van der Waals surface area contributed by atoms with Crippen LogP contribution >= 0.6 is 0 Å². The van der Waals surface area contributed by atoms with Gasteiger partial charge < -0.3 is 19.6 Å². The van der Waals surface area contributed by atoms with Crippen molar-refractivity contribution >= 4 is 0 Å². The first-order chi connectivity index (χ1) is 23.0. The van der Waals surface area contributed by atoms with E-state index in [1.807, 2.05) is 0 Å². The van der Waals surface area contributed by atoms with Crippen molar-refractivity contribution in [3.05, 3.63) is 121 Å². The molecule has 0 aliphatic carbocycles. The van der Waals surface area contributed by atoms with Gasteiger partial charge in [0.15, 0.2) is 0 Å². The Morgan fingerprint density at radius 3 is 1.50 bits per heavy atom. The molecule has 0 aromatic carbocycles. The molecule has 0 saturated carbocycles. The highest BCUT2D eigenvalue weighted by Crippen LogP contribution is 2.32. The Bertz CT molecular complexity index is 1300. The fourth-order valence-electron chi connectivity index (χ4n) is 5.90. The SMILES string of the molecule is C=C(C(C)C)N(C)C(C)C.C=C1C=C(C(C)C)N(C(C)C)C(=C)C1.C=C1C=CC=C(C(C)C)N1C(C)C.C=C1C=CN(C(C)C)C(C(C)C)=C1. The second-order valence-electron chi connectivity index (χ2n) is 16.1. The molecule has 0 bridgehead atoms. The van der Waals surface area contributed by atoms with Crippen LogP contribution in [0.3, 0.4) is 0 Å². The molecule has 50 heavy (non-hydrogen) atoms. The highest BCUT2D eigenvalue weighted by molar-refractivity contribution is 5.36. The molecule has 0 radical (unpaired) electrons. The van der Waals surface area contributed by atoms with Crippen LogP contribution in [-0.2, 0) is 0 Å². The molecule has 3 aliphatic heterocycles. The van der Waals surface area contributed by atoms with Crippen LogP contribution in [0.1, 0.15) is 117 Å². The third kappa shape index (κ3) is 14.8. The highest BCUT2D eigenvalue weighted by atomic mass is 15.2. The molecule has 0 atom stereocenters. The summed E-state index contributed by atoms with van der Waals surface area (Å²) in [6.45, 7) is 55.3. The van der Waals surface area contributed by atoms with Crippen molar-refractivity contribution in [2.24, 2.45) is 23.7 Å². The van der Waals surface area contributed by atoms with E-state index in [1.54, 1.807) is 0 Å². The minimum Gasteiger partial charge on any atom is -0.376 e. The van der Waals surface area contributed by atoms with Gasteiger partial charge >= 0.3 is 0 Å². The molecule has 4 heteroatoms. The summed E-state index contributed by atoms with van der Waals surface area (Å²) >= 11 is 0. The van der Waals surface area contributed by atoms with E-state index >= 15 is 0 Å². The van der Waals surface area contributed by atoms with Gasteiger partial charge in [-0.3, -0.25) is 0 Å². The first-order valence-corrected chi connectivity index (χ1v) is 19.0. The van der Waals surface area contributed by atoms with Gasteiger partial charge in [-0.2, -0.15) is 0 Å². The minimum atomic E-state index is 0.490. The normalized spacial score (nSPS) is 16.2. The van der Waals surface area contributed by atoms with Gasteiger partial charge in [-0.1, -0.05) is 94.4 Å². The second kappa shape index (κ2) is 21.7. The van der Waals surface area contributed by atoms with Crippen LogP contribution in [-0.4, -0.2) is 50.8 Å². The predicted octanol–water partition coefficient (Wildman–Crippen LogP) is 12.8. The van der Waals surface area contributed by atoms with Crippen molar-refractivity contribution in [2.45, 2.75) is 141 Å². The number of hydrogen-bond donors (Lipinski definition) is 0. The second-order valence-corrected chi connectivity index (χ2v) is 16.1. The maximum Gasteiger partial charge on any atom is 0.0337 e. The standard InChI is InChI=1S/C13H21N.2C12H19N.C9H19N/c1-9(2)13-8-11(5)7-12(6)14(13)10(3)4;1-9(2)12-8-11(5)6-7-13(12)10(3)4;1-9(2)12-8-6-7-11(5)13(12)10(3)4;1-7(2)9(5)10(6)8(3)4/h8-10H,5-7H2,1-4H3;2*6-10H,5H2,1-4H3;7-8H,5H2,1-4,6H3. The molecule has 3 aliphatic rings. The van der Waals surface area contributed by atoms with E-state index in [4.69, 9.17) is 0 Å². The summed E-state index contributed by atoms with van der Waals surface area (Å²) < 4.78 is 0. The minimum absolute atomic E-state index is 0.490. The molecule has 282 valence electrons. The van der Waals surface area contributed by atoms with Crippen LogP contribution in [0.15, 0.2) is 121 Å². The van der Waals surface area contributed by atoms with Crippen LogP contribution in [0.25, 0.3) is 0 Å². The van der Waals surface area contributed by atoms with E-state index in [0.29, 0.717) is 47.8 Å². The molecular weight excluding hydrogens is 609 g/mol. The van der Waals surface area contributed by atoms with Gasteiger partial charge in [0.05, 0.1) is 0 Å². The summed E-state index contributed by atoms with van der Waals surface area (Å²) in [4.78, 5) is 9.15. The Hall–Kier alpha value is -3.40. The fraction of sp³-hybridized carbons (Fsp3) is 0.565. The van der Waals surface area contributed by atoms with Crippen molar-refractivity contribution in [2.75, 3.05) is 7.05 Å². The van der Waals surface area contributed by atoms with Gasteiger partial charge in [-0.05, 0) is 121 Å². The fourth-order valence-corrected chi connectivity index (χ4v) is 5.90. The number of hydrogen-bond acceptors (Lipinski definition) is 4. The lowest BCUT2D eigenvalue weighted by Crippen LogP contribution is -2.33. The quantitative estimate of drug-likeness (QED) is 0.239. The highest BCUT2D eigenvalue weighted by Gasteiger charge is 2.23. The Morgan fingerprint density at radius 1 is 0.640 bits per heavy atom. The molecule has 0 saturated heterocycles. The van der Waals surface area contributed by atoms with Crippen molar-refractivity contribution < 1.29 is 0 Å². The van der Waals surface area contributed by atoms with Crippen LogP contribution < -0.4 is 0 Å². The molecule has 4 nitrogen and oxygen atoms in total. The maximum absolute atomic E-state index is 4.12. The molecule has 0 aromatic heterocycles. The summed E-state index contributed by atoms with van der Waals surface area (Å²) in [5, 5.41) is 0. The van der Waals surface area contributed by atoms with E-state index in [0.717, 1.165) is 17.7 Å². The molecule has 0 spiro atoms. The van der Waals surface area contributed by atoms with Crippen LogP contribution in [0.2, 0.25) is 0 Å². The van der Waals surface area contributed by atoms with Gasteiger partial charge in [0, 0.05) is 78.0 Å². The third-order valence-electron chi connectivity index (χ3n) is 8.88. The molecule has 3 heterocycles. The molecule has 0 N–H and O–H groups in total. The van der Waals surface area contributed by atoms with Gasteiger partial charge in [0.1, 0.15) is 0 Å². The van der Waals surface area contributed by atoms with Crippen LogP contribution in [0.5, 0.6) is 0 Å². The van der Waals surface area contributed by atoms with E-state index in [-0.39, 0.29) is 0 Å². The van der Waals surface area contributed by atoms with Gasteiger partial charge in [0.2, 0.25) is 0 Å². The van der Waals surface area contributed by atoms with Crippen LogP contribution in [0, 0.1) is 23.7 Å². The number of allylic oxidation sites excluding steroid dienone is 12.